The number of rotatable bonds is 5. The Morgan fingerprint density at radius 2 is 1.79 bits per heavy atom. The molecule has 28 heavy (non-hydrogen) atoms. The molecular weight excluding hydrogens is 467 g/mol. The van der Waals surface area contributed by atoms with Gasteiger partial charge >= 0.3 is 0 Å². The minimum absolute atomic E-state index is 0. The van der Waals surface area contributed by atoms with Gasteiger partial charge < -0.3 is 10.6 Å². The number of halogens is 1. The van der Waals surface area contributed by atoms with Crippen LogP contribution in [0, 0.1) is 35.5 Å². The monoisotopic (exact) mass is 500 g/mol. The second-order valence-corrected chi connectivity index (χ2v) is 8.85. The Labute approximate surface area is 185 Å². The molecule has 3 aliphatic carbocycles. The Morgan fingerprint density at radius 1 is 1.11 bits per heavy atom. The number of aliphatic imine (C=N–C) groups is 1. The normalized spacial score (nSPS) is 36.5. The van der Waals surface area contributed by atoms with Gasteiger partial charge in [-0.25, -0.2) is 0 Å². The van der Waals surface area contributed by atoms with Gasteiger partial charge in [-0.2, -0.15) is 0 Å². The maximum Gasteiger partial charge on any atom is 0.233 e. The molecule has 3 fully saturated rings. The topological polar surface area (TPSA) is 73.8 Å². The third-order valence-electron chi connectivity index (χ3n) is 7.02. The standard InChI is InChI=1S/C21H32N4O2.HI/c1-13-4-3-5-14(10-13)12-24-21(22-2)23-8-9-25-19(26)17-15-6-7-16(11-15)18(17)20(25)27;/h6-7,13-18H,3-5,8-12H2,1-2H3,(H2,22,23,24);1H. The van der Waals surface area contributed by atoms with Crippen LogP contribution in [0.1, 0.15) is 39.0 Å². The van der Waals surface area contributed by atoms with E-state index in [1.54, 1.807) is 7.05 Å². The van der Waals surface area contributed by atoms with Crippen molar-refractivity contribution in [3.63, 3.8) is 0 Å². The number of likely N-dealkylation sites (tertiary alicyclic amines) is 1. The number of allylic oxidation sites excluding steroid dienone is 2. The van der Waals surface area contributed by atoms with Crippen LogP contribution in [0.4, 0.5) is 0 Å². The molecule has 2 bridgehead atoms. The fourth-order valence-electron chi connectivity index (χ4n) is 5.68. The van der Waals surface area contributed by atoms with Gasteiger partial charge in [0.25, 0.3) is 0 Å². The predicted octanol–water partition coefficient (Wildman–Crippen LogP) is 2.40. The summed E-state index contributed by atoms with van der Waals surface area (Å²) in [5.74, 6) is 2.70. The number of guanidine groups is 1. The SMILES string of the molecule is CN=C(NCCN1C(=O)C2C3C=CC(C3)C2C1=O)NCC1CCCC(C)C1.I. The molecule has 0 aromatic heterocycles. The number of amides is 2. The van der Waals surface area contributed by atoms with Crippen LogP contribution in [0.2, 0.25) is 0 Å². The van der Waals surface area contributed by atoms with Crippen LogP contribution in [0.3, 0.4) is 0 Å². The number of nitrogens with zero attached hydrogens (tertiary/aromatic N) is 2. The van der Waals surface area contributed by atoms with E-state index in [-0.39, 0.29) is 59.5 Å². The van der Waals surface area contributed by atoms with Crippen LogP contribution >= 0.6 is 24.0 Å². The summed E-state index contributed by atoms with van der Waals surface area (Å²) in [5, 5.41) is 6.68. The van der Waals surface area contributed by atoms with Gasteiger partial charge in [-0.05, 0) is 42.9 Å². The number of carbonyl (C=O) groups is 2. The third-order valence-corrected chi connectivity index (χ3v) is 7.02. The zero-order chi connectivity index (χ0) is 19.0. The number of nitrogens with one attached hydrogen (secondary N) is 2. The molecule has 2 amide bonds. The van der Waals surface area contributed by atoms with Crippen molar-refractivity contribution in [3.8, 4) is 0 Å². The first kappa shape index (κ1) is 21.6. The average molecular weight is 500 g/mol. The molecule has 7 heteroatoms. The highest BCUT2D eigenvalue weighted by Crippen LogP contribution is 2.52. The van der Waals surface area contributed by atoms with Crippen molar-refractivity contribution in [3.05, 3.63) is 12.2 Å². The maximum absolute atomic E-state index is 12.7. The van der Waals surface area contributed by atoms with Crippen molar-refractivity contribution < 1.29 is 9.59 Å². The molecule has 0 aromatic rings. The summed E-state index contributed by atoms with van der Waals surface area (Å²) in [6.45, 7) is 4.23. The van der Waals surface area contributed by atoms with Gasteiger partial charge in [0.05, 0.1) is 11.8 Å². The van der Waals surface area contributed by atoms with E-state index >= 15 is 0 Å². The number of carbonyl (C=O) groups excluding carboxylic acids is 2. The van der Waals surface area contributed by atoms with E-state index in [1.807, 2.05) is 0 Å². The first-order chi connectivity index (χ1) is 13.1. The lowest BCUT2D eigenvalue weighted by Gasteiger charge is -2.27. The van der Waals surface area contributed by atoms with Crippen LogP contribution in [-0.4, -0.2) is 49.4 Å². The largest absolute Gasteiger partial charge is 0.356 e. The van der Waals surface area contributed by atoms with E-state index < -0.39 is 0 Å². The molecule has 1 heterocycles. The molecule has 4 aliphatic rings. The van der Waals surface area contributed by atoms with Gasteiger partial charge in [-0.15, -0.1) is 24.0 Å². The van der Waals surface area contributed by atoms with E-state index in [9.17, 15) is 9.59 Å². The molecule has 0 aromatic carbocycles. The van der Waals surface area contributed by atoms with Crippen molar-refractivity contribution in [1.29, 1.82) is 0 Å². The van der Waals surface area contributed by atoms with Gasteiger partial charge in [-0.1, -0.05) is 31.9 Å². The number of hydrogen-bond acceptors (Lipinski definition) is 3. The Balaban J connectivity index is 0.00000225. The minimum atomic E-state index is -0.0989. The number of imide groups is 1. The summed E-state index contributed by atoms with van der Waals surface area (Å²) >= 11 is 0. The fraction of sp³-hybridized carbons (Fsp3) is 0.762. The summed E-state index contributed by atoms with van der Waals surface area (Å²) in [6.07, 6.45) is 10.5. The first-order valence-corrected chi connectivity index (χ1v) is 10.6. The molecule has 4 rings (SSSR count). The molecule has 156 valence electrons. The van der Waals surface area contributed by atoms with Crippen LogP contribution in [0.5, 0.6) is 0 Å². The van der Waals surface area contributed by atoms with Crippen molar-refractivity contribution in [2.75, 3.05) is 26.7 Å². The first-order valence-electron chi connectivity index (χ1n) is 10.6. The highest BCUT2D eigenvalue weighted by molar-refractivity contribution is 14.0. The zero-order valence-corrected chi connectivity index (χ0v) is 19.2. The van der Waals surface area contributed by atoms with Gasteiger partial charge in [0.1, 0.15) is 0 Å². The van der Waals surface area contributed by atoms with Crippen LogP contribution < -0.4 is 10.6 Å². The Bertz CT molecular complexity index is 635. The van der Waals surface area contributed by atoms with E-state index in [0.717, 1.165) is 24.8 Å². The Hall–Kier alpha value is -1.12. The molecule has 1 saturated heterocycles. The summed E-state index contributed by atoms with van der Waals surface area (Å²) < 4.78 is 0. The van der Waals surface area contributed by atoms with Gasteiger partial charge in [0.2, 0.25) is 11.8 Å². The van der Waals surface area contributed by atoms with Crippen molar-refractivity contribution in [1.82, 2.24) is 15.5 Å². The minimum Gasteiger partial charge on any atom is -0.356 e. The predicted molar refractivity (Wildman–Crippen MR) is 120 cm³/mol. The Kier molecular flexibility index (Phi) is 7.04. The molecule has 0 spiro atoms. The smallest absolute Gasteiger partial charge is 0.233 e. The van der Waals surface area contributed by atoms with Gasteiger partial charge in [-0.3, -0.25) is 19.5 Å². The van der Waals surface area contributed by atoms with Crippen LogP contribution in [-0.2, 0) is 9.59 Å². The molecule has 6 unspecified atom stereocenters. The highest BCUT2D eigenvalue weighted by Gasteiger charge is 2.58. The van der Waals surface area contributed by atoms with Crippen molar-refractivity contribution in [2.45, 2.75) is 39.0 Å². The van der Waals surface area contributed by atoms with E-state index in [0.29, 0.717) is 19.0 Å². The summed E-state index contributed by atoms with van der Waals surface area (Å²) in [4.78, 5) is 31.1. The average Bonchev–Trinajstić information content (AvgIpc) is 3.34. The summed E-state index contributed by atoms with van der Waals surface area (Å²) in [6, 6.07) is 0. The molecule has 2 saturated carbocycles. The van der Waals surface area contributed by atoms with Crippen molar-refractivity contribution >= 4 is 41.8 Å². The van der Waals surface area contributed by atoms with Crippen LogP contribution in [0.25, 0.3) is 0 Å². The van der Waals surface area contributed by atoms with E-state index in [1.165, 1.54) is 30.6 Å². The lowest BCUT2D eigenvalue weighted by molar-refractivity contribution is -0.140. The lowest BCUT2D eigenvalue weighted by Crippen LogP contribution is -2.45. The fourth-order valence-corrected chi connectivity index (χ4v) is 5.68. The second kappa shape index (κ2) is 9.13. The van der Waals surface area contributed by atoms with Gasteiger partial charge in [0, 0.05) is 26.7 Å². The number of fused-ring (bicyclic) bond motifs is 5. The molecule has 2 N–H and O–H groups in total. The molecular formula is C21H33IN4O2. The quantitative estimate of drug-likeness (QED) is 0.200. The molecule has 0 radical (unpaired) electrons. The molecule has 6 nitrogen and oxygen atoms in total. The number of hydrogen-bond donors (Lipinski definition) is 2. The molecule has 6 atom stereocenters. The van der Waals surface area contributed by atoms with Crippen LogP contribution in [0.15, 0.2) is 17.1 Å². The summed E-state index contributed by atoms with van der Waals surface area (Å²) in [7, 11) is 1.76. The van der Waals surface area contributed by atoms with E-state index in [2.05, 4.69) is 34.7 Å². The maximum atomic E-state index is 12.7. The van der Waals surface area contributed by atoms with E-state index in [4.69, 9.17) is 0 Å². The second-order valence-electron chi connectivity index (χ2n) is 8.85. The van der Waals surface area contributed by atoms with Crippen molar-refractivity contribution in [2.24, 2.45) is 40.5 Å². The van der Waals surface area contributed by atoms with Gasteiger partial charge in [0.15, 0.2) is 5.96 Å². The zero-order valence-electron chi connectivity index (χ0n) is 16.9. The highest BCUT2D eigenvalue weighted by atomic mass is 127. The third kappa shape index (κ3) is 4.09. The summed E-state index contributed by atoms with van der Waals surface area (Å²) in [5.41, 5.74) is 0. The Morgan fingerprint density at radius 3 is 2.39 bits per heavy atom. The molecule has 1 aliphatic heterocycles. The lowest BCUT2D eigenvalue weighted by atomic mass is 9.82.